The summed E-state index contributed by atoms with van der Waals surface area (Å²) in [6, 6.07) is 0. The Kier molecular flexibility index (Phi) is 11.2. The predicted molar refractivity (Wildman–Crippen MR) is 28.8 cm³/mol. The molecule has 0 aliphatic heterocycles. The second kappa shape index (κ2) is 7.15. The van der Waals surface area contributed by atoms with Crippen molar-refractivity contribution < 1.29 is 41.7 Å². The summed E-state index contributed by atoms with van der Waals surface area (Å²) in [5.41, 5.74) is 0. The fraction of sp³-hybridized carbons (Fsp3) is 0.200. The van der Waals surface area contributed by atoms with E-state index < -0.39 is 0 Å². The second-order valence-electron chi connectivity index (χ2n) is 1.00. The molecule has 7 heavy (non-hydrogen) atoms. The van der Waals surface area contributed by atoms with E-state index in [1.54, 1.807) is 0 Å². The molecule has 0 N–H and O–H groups in total. The summed E-state index contributed by atoms with van der Waals surface area (Å²) in [5.74, 6) is 0. The molecule has 38 valence electrons. The first-order valence-corrected chi connectivity index (χ1v) is 1.72. The van der Waals surface area contributed by atoms with Crippen LogP contribution in [-0.4, -0.2) is 0 Å². The Morgan fingerprint density at radius 1 is 1.43 bits per heavy atom. The SMILES string of the molecule is Cl.[C-]1=CC=CC1.[Ce]. The molecule has 0 fully saturated rings. The average molecular weight is 242 g/mol. The minimum Gasteiger partial charge on any atom is -0.273 e. The molecule has 0 aromatic heterocycles. The monoisotopic (exact) mass is 241 g/mol. The zero-order valence-corrected chi connectivity index (χ0v) is 7.80. The predicted octanol–water partition coefficient (Wildman–Crippen LogP) is 1.73. The number of hydrogen-bond acceptors (Lipinski definition) is 0. The van der Waals surface area contributed by atoms with E-state index in [0.29, 0.717) is 0 Å². The van der Waals surface area contributed by atoms with Crippen molar-refractivity contribution in [1.29, 1.82) is 0 Å². The van der Waals surface area contributed by atoms with Gasteiger partial charge in [0.1, 0.15) is 0 Å². The van der Waals surface area contributed by atoms with Crippen molar-refractivity contribution in [3.05, 3.63) is 24.3 Å². The molecule has 0 amide bonds. The van der Waals surface area contributed by atoms with Crippen molar-refractivity contribution in [3.63, 3.8) is 0 Å². The number of rotatable bonds is 0. The van der Waals surface area contributed by atoms with E-state index in [1.165, 1.54) is 0 Å². The van der Waals surface area contributed by atoms with Crippen LogP contribution in [0.2, 0.25) is 0 Å². The number of allylic oxidation sites excluding steroid dienone is 4. The van der Waals surface area contributed by atoms with Gasteiger partial charge in [-0.25, -0.2) is 12.2 Å². The Hall–Kier alpha value is 1.15. The molecule has 1 aliphatic rings. The molecular weight excluding hydrogens is 236 g/mol. The molecule has 1 aliphatic carbocycles. The first-order chi connectivity index (χ1) is 2.50. The fourth-order valence-corrected chi connectivity index (χ4v) is 0.340. The molecule has 0 saturated heterocycles. The van der Waals surface area contributed by atoms with Crippen LogP contribution in [0.5, 0.6) is 0 Å². The van der Waals surface area contributed by atoms with Gasteiger partial charge in [0.05, 0.1) is 0 Å². The van der Waals surface area contributed by atoms with Crippen molar-refractivity contribution in [1.82, 2.24) is 0 Å². The summed E-state index contributed by atoms with van der Waals surface area (Å²) in [7, 11) is 0. The maximum atomic E-state index is 2.99. The van der Waals surface area contributed by atoms with E-state index in [4.69, 9.17) is 0 Å². The average Bonchev–Trinajstić information content (AvgIpc) is 1.76. The summed E-state index contributed by atoms with van der Waals surface area (Å²) in [5, 5.41) is 0. The summed E-state index contributed by atoms with van der Waals surface area (Å²) in [6.07, 6.45) is 10.0. The van der Waals surface area contributed by atoms with Crippen molar-refractivity contribution in [2.45, 2.75) is 6.42 Å². The van der Waals surface area contributed by atoms with E-state index in [1.807, 2.05) is 12.2 Å². The first-order valence-electron chi connectivity index (χ1n) is 1.72. The van der Waals surface area contributed by atoms with Gasteiger partial charge in [0.15, 0.2) is 0 Å². The molecule has 0 unspecified atom stereocenters. The van der Waals surface area contributed by atoms with Crippen LogP contribution >= 0.6 is 12.4 Å². The molecule has 0 bridgehead atoms. The maximum Gasteiger partial charge on any atom is 0 e. The minimum atomic E-state index is 0. The molecule has 0 spiro atoms. The standard InChI is InChI=1S/C5H5.Ce.ClH/c1-2-4-5-3-1;;/h1-3H,4H2;;1H/q-1;;. The number of hydrogen-bond donors (Lipinski definition) is 0. The zero-order valence-electron chi connectivity index (χ0n) is 3.85. The topological polar surface area (TPSA) is 0 Å². The van der Waals surface area contributed by atoms with Gasteiger partial charge in [0.2, 0.25) is 0 Å². The van der Waals surface area contributed by atoms with Gasteiger partial charge in [-0.05, 0) is 0 Å². The van der Waals surface area contributed by atoms with Crippen LogP contribution in [0, 0.1) is 47.8 Å². The molecule has 0 saturated carbocycles. The minimum absolute atomic E-state index is 0. The van der Waals surface area contributed by atoms with Crippen LogP contribution in [0.3, 0.4) is 0 Å². The summed E-state index contributed by atoms with van der Waals surface area (Å²) < 4.78 is 0. The third kappa shape index (κ3) is 5.01. The Bertz CT molecular complexity index is 66.1. The van der Waals surface area contributed by atoms with Crippen LogP contribution in [0.15, 0.2) is 18.2 Å². The smallest absolute Gasteiger partial charge is 0 e. The van der Waals surface area contributed by atoms with Gasteiger partial charge in [-0.1, -0.05) is 0 Å². The van der Waals surface area contributed by atoms with Crippen molar-refractivity contribution >= 4 is 12.4 Å². The van der Waals surface area contributed by atoms with Crippen LogP contribution in [-0.2, 0) is 0 Å². The van der Waals surface area contributed by atoms with Gasteiger partial charge < -0.3 is 0 Å². The third-order valence-electron chi connectivity index (χ3n) is 0.586. The van der Waals surface area contributed by atoms with Crippen LogP contribution in [0.4, 0.5) is 0 Å². The van der Waals surface area contributed by atoms with E-state index >= 15 is 0 Å². The molecule has 0 atom stereocenters. The van der Waals surface area contributed by atoms with E-state index in [0.717, 1.165) is 6.42 Å². The second-order valence-corrected chi connectivity index (χ2v) is 1.00. The van der Waals surface area contributed by atoms with Gasteiger partial charge in [0, 0.05) is 41.7 Å². The maximum absolute atomic E-state index is 2.99. The van der Waals surface area contributed by atoms with Gasteiger partial charge >= 0.3 is 0 Å². The van der Waals surface area contributed by atoms with Crippen LogP contribution < -0.4 is 0 Å². The Morgan fingerprint density at radius 2 is 2.14 bits per heavy atom. The zero-order chi connectivity index (χ0) is 3.54. The van der Waals surface area contributed by atoms with E-state index in [-0.39, 0.29) is 54.2 Å². The van der Waals surface area contributed by atoms with Gasteiger partial charge in [-0.15, -0.1) is 18.8 Å². The molecule has 0 radical (unpaired) electrons. The van der Waals surface area contributed by atoms with Crippen molar-refractivity contribution in [3.8, 4) is 0 Å². The molecule has 2 heteroatoms. The Morgan fingerprint density at radius 3 is 2.29 bits per heavy atom. The van der Waals surface area contributed by atoms with Crippen LogP contribution in [0.25, 0.3) is 0 Å². The molecule has 0 heterocycles. The first kappa shape index (κ1) is 11.0. The molecular formula is C5H6CeCl-. The molecule has 0 nitrogen and oxygen atoms in total. The third-order valence-corrected chi connectivity index (χ3v) is 0.586. The molecule has 1 rings (SSSR count). The van der Waals surface area contributed by atoms with Gasteiger partial charge in [-0.3, -0.25) is 6.08 Å². The Balaban J connectivity index is 0. The normalized spacial score (nSPS) is 12.6. The van der Waals surface area contributed by atoms with Crippen molar-refractivity contribution in [2.75, 3.05) is 0 Å². The fourth-order valence-electron chi connectivity index (χ4n) is 0.340. The molecule has 0 aromatic carbocycles. The summed E-state index contributed by atoms with van der Waals surface area (Å²) in [6.45, 7) is 0. The van der Waals surface area contributed by atoms with E-state index in [9.17, 15) is 0 Å². The van der Waals surface area contributed by atoms with Gasteiger partial charge in [0.25, 0.3) is 0 Å². The van der Waals surface area contributed by atoms with Crippen molar-refractivity contribution in [2.24, 2.45) is 0 Å². The summed E-state index contributed by atoms with van der Waals surface area (Å²) >= 11 is 0. The van der Waals surface area contributed by atoms with Gasteiger partial charge in [-0.2, -0.15) is 6.08 Å². The largest absolute Gasteiger partial charge is 0.273 e. The molecule has 0 aromatic rings. The number of halogens is 1. The van der Waals surface area contributed by atoms with Crippen LogP contribution in [0.1, 0.15) is 6.42 Å². The summed E-state index contributed by atoms with van der Waals surface area (Å²) in [4.78, 5) is 0. The quantitative estimate of drug-likeness (QED) is 0.567. The van der Waals surface area contributed by atoms with E-state index in [2.05, 4.69) is 12.2 Å². The Labute approximate surface area is 83.8 Å².